The van der Waals surface area contributed by atoms with Crippen LogP contribution in [0.2, 0.25) is 0 Å². The average molecular weight is 259 g/mol. The smallest absolute Gasteiger partial charge is 0.241 e. The highest BCUT2D eigenvalue weighted by molar-refractivity contribution is 9.10. The Labute approximate surface area is 90.2 Å². The molecule has 76 valence electrons. The minimum atomic E-state index is -0.603. The van der Waals surface area contributed by atoms with Crippen LogP contribution in [0, 0.1) is 0 Å². The van der Waals surface area contributed by atoms with Gasteiger partial charge in [-0.3, -0.25) is 4.79 Å². The monoisotopic (exact) mass is 258 g/mol. The molecule has 1 atom stereocenters. The number of hydrogen-bond donors (Lipinski definition) is 3. The molecule has 1 rings (SSSR count). The van der Waals surface area contributed by atoms with Crippen LogP contribution in [-0.4, -0.2) is 17.1 Å². The second kappa shape index (κ2) is 4.43. The molecule has 0 aliphatic heterocycles. The van der Waals surface area contributed by atoms with Crippen molar-refractivity contribution in [3.8, 4) is 5.75 Å². The van der Waals surface area contributed by atoms with Crippen LogP contribution in [-0.2, 0) is 4.79 Å². The van der Waals surface area contributed by atoms with Gasteiger partial charge in [0.05, 0.1) is 11.7 Å². The molecule has 4 nitrogen and oxygen atoms in total. The number of benzene rings is 1. The summed E-state index contributed by atoms with van der Waals surface area (Å²) in [6.45, 7) is 1.57. The molecule has 0 radical (unpaired) electrons. The third-order valence-corrected chi connectivity index (χ3v) is 2.12. The van der Waals surface area contributed by atoms with E-state index in [0.29, 0.717) is 5.69 Å². The van der Waals surface area contributed by atoms with Gasteiger partial charge in [-0.2, -0.15) is 0 Å². The number of hydrogen-bond acceptors (Lipinski definition) is 3. The first kappa shape index (κ1) is 11.0. The molecule has 14 heavy (non-hydrogen) atoms. The summed E-state index contributed by atoms with van der Waals surface area (Å²) in [6, 6.07) is 4.17. The van der Waals surface area contributed by atoms with E-state index in [1.165, 1.54) is 6.07 Å². The summed E-state index contributed by atoms with van der Waals surface area (Å²) in [7, 11) is 0. The lowest BCUT2D eigenvalue weighted by Gasteiger charge is -2.09. The first-order valence-electron chi connectivity index (χ1n) is 4.05. The molecule has 1 amide bonds. The summed E-state index contributed by atoms with van der Waals surface area (Å²) in [5.41, 5.74) is 5.72. The van der Waals surface area contributed by atoms with Gasteiger partial charge in [0.1, 0.15) is 5.75 Å². The fourth-order valence-electron chi connectivity index (χ4n) is 0.855. The molecular formula is C9H11BrN2O2. The Morgan fingerprint density at radius 2 is 2.29 bits per heavy atom. The zero-order valence-electron chi connectivity index (χ0n) is 7.62. The minimum Gasteiger partial charge on any atom is -0.506 e. The van der Waals surface area contributed by atoms with Crippen molar-refractivity contribution in [3.05, 3.63) is 22.7 Å². The summed E-state index contributed by atoms with van der Waals surface area (Å²) in [5.74, 6) is -0.319. The molecule has 0 bridgehead atoms. The van der Waals surface area contributed by atoms with Gasteiger partial charge in [-0.05, 0) is 25.1 Å². The van der Waals surface area contributed by atoms with Crippen LogP contribution < -0.4 is 11.1 Å². The average Bonchev–Trinajstić information content (AvgIpc) is 2.11. The Hall–Kier alpha value is -1.07. The molecule has 1 aromatic carbocycles. The summed E-state index contributed by atoms with van der Waals surface area (Å²) in [5, 5.41) is 11.9. The van der Waals surface area contributed by atoms with Gasteiger partial charge < -0.3 is 16.2 Å². The topological polar surface area (TPSA) is 75.4 Å². The number of carbonyl (C=O) groups is 1. The summed E-state index contributed by atoms with van der Waals surface area (Å²) < 4.78 is 0.773. The fraction of sp³-hybridized carbons (Fsp3) is 0.222. The minimum absolute atomic E-state index is 0.0159. The third-order valence-electron chi connectivity index (χ3n) is 1.63. The molecular weight excluding hydrogens is 248 g/mol. The molecule has 0 saturated carbocycles. The molecule has 0 heterocycles. The molecule has 0 aliphatic carbocycles. The van der Waals surface area contributed by atoms with E-state index < -0.39 is 6.04 Å². The largest absolute Gasteiger partial charge is 0.506 e. The van der Waals surface area contributed by atoms with Crippen LogP contribution in [0.25, 0.3) is 0 Å². The van der Waals surface area contributed by atoms with Crippen LogP contribution in [0.5, 0.6) is 5.75 Å². The van der Waals surface area contributed by atoms with Crippen molar-refractivity contribution in [2.45, 2.75) is 13.0 Å². The number of amides is 1. The molecule has 0 saturated heterocycles. The first-order valence-corrected chi connectivity index (χ1v) is 4.85. The molecule has 0 unspecified atom stereocenters. The predicted octanol–water partition coefficient (Wildman–Crippen LogP) is 1.44. The number of nitrogens with two attached hydrogens (primary N) is 1. The number of phenolic OH excluding ortho intramolecular Hbond substituents is 1. The zero-order valence-corrected chi connectivity index (χ0v) is 9.21. The normalized spacial score (nSPS) is 12.2. The van der Waals surface area contributed by atoms with E-state index >= 15 is 0 Å². The van der Waals surface area contributed by atoms with Gasteiger partial charge in [0.25, 0.3) is 0 Å². The molecule has 0 aromatic heterocycles. The number of aromatic hydroxyl groups is 1. The van der Waals surface area contributed by atoms with Crippen LogP contribution in [0.1, 0.15) is 6.92 Å². The Bertz CT molecular complexity index is 353. The maximum Gasteiger partial charge on any atom is 0.241 e. The molecule has 0 spiro atoms. The summed E-state index contributed by atoms with van der Waals surface area (Å²) >= 11 is 3.23. The van der Waals surface area contributed by atoms with Crippen LogP contribution in [0.4, 0.5) is 5.69 Å². The van der Waals surface area contributed by atoms with Crippen molar-refractivity contribution >= 4 is 27.5 Å². The predicted molar refractivity (Wildman–Crippen MR) is 58.1 cm³/mol. The molecule has 4 N–H and O–H groups in total. The number of carbonyl (C=O) groups excluding carboxylic acids is 1. The van der Waals surface area contributed by atoms with Crippen LogP contribution in [0.3, 0.4) is 0 Å². The van der Waals surface area contributed by atoms with Gasteiger partial charge in [0.15, 0.2) is 0 Å². The quantitative estimate of drug-likeness (QED) is 0.703. The van der Waals surface area contributed by atoms with Gasteiger partial charge in [-0.1, -0.05) is 15.9 Å². The van der Waals surface area contributed by atoms with E-state index in [1.54, 1.807) is 19.1 Å². The Balaban J connectivity index is 2.86. The highest BCUT2D eigenvalue weighted by Crippen LogP contribution is 2.26. The lowest BCUT2D eigenvalue weighted by Crippen LogP contribution is -2.32. The number of anilines is 1. The second-order valence-corrected chi connectivity index (χ2v) is 3.86. The number of halogens is 1. The summed E-state index contributed by atoms with van der Waals surface area (Å²) in [4.78, 5) is 11.2. The maximum atomic E-state index is 11.2. The van der Waals surface area contributed by atoms with Gasteiger partial charge >= 0.3 is 0 Å². The van der Waals surface area contributed by atoms with Crippen molar-refractivity contribution in [1.82, 2.24) is 0 Å². The highest BCUT2D eigenvalue weighted by Gasteiger charge is 2.10. The molecule has 0 fully saturated rings. The van der Waals surface area contributed by atoms with Crippen LogP contribution in [0.15, 0.2) is 22.7 Å². The number of rotatable bonds is 2. The number of phenols is 1. The van der Waals surface area contributed by atoms with Crippen molar-refractivity contribution in [2.75, 3.05) is 5.32 Å². The fourth-order valence-corrected chi connectivity index (χ4v) is 1.22. The van der Waals surface area contributed by atoms with Gasteiger partial charge in [0, 0.05) is 4.47 Å². The Morgan fingerprint density at radius 1 is 1.64 bits per heavy atom. The highest BCUT2D eigenvalue weighted by atomic mass is 79.9. The van der Waals surface area contributed by atoms with Crippen LogP contribution >= 0.6 is 15.9 Å². The van der Waals surface area contributed by atoms with Gasteiger partial charge in [-0.25, -0.2) is 0 Å². The number of nitrogens with one attached hydrogen (secondary N) is 1. The third kappa shape index (κ3) is 2.71. The SMILES string of the molecule is C[C@H](N)C(=O)Nc1cc(Br)ccc1O. The molecule has 5 heteroatoms. The van der Waals surface area contributed by atoms with E-state index in [-0.39, 0.29) is 11.7 Å². The van der Waals surface area contributed by atoms with Crippen molar-refractivity contribution in [3.63, 3.8) is 0 Å². The van der Waals surface area contributed by atoms with E-state index in [0.717, 1.165) is 4.47 Å². The first-order chi connectivity index (χ1) is 6.50. The maximum absolute atomic E-state index is 11.2. The van der Waals surface area contributed by atoms with Crippen molar-refractivity contribution in [1.29, 1.82) is 0 Å². The lowest BCUT2D eigenvalue weighted by molar-refractivity contribution is -0.117. The lowest BCUT2D eigenvalue weighted by atomic mass is 10.2. The Morgan fingerprint density at radius 3 is 2.86 bits per heavy atom. The van der Waals surface area contributed by atoms with Gasteiger partial charge in [0.2, 0.25) is 5.91 Å². The van der Waals surface area contributed by atoms with E-state index in [9.17, 15) is 9.90 Å². The van der Waals surface area contributed by atoms with E-state index in [1.807, 2.05) is 0 Å². The zero-order chi connectivity index (χ0) is 10.7. The standard InChI is InChI=1S/C9H11BrN2O2/c1-5(11)9(14)12-7-4-6(10)2-3-8(7)13/h2-5,13H,11H2,1H3,(H,12,14)/t5-/m0/s1. The molecule has 1 aromatic rings. The summed E-state index contributed by atoms with van der Waals surface area (Å²) in [6.07, 6.45) is 0. The van der Waals surface area contributed by atoms with Crippen molar-refractivity contribution in [2.24, 2.45) is 5.73 Å². The molecule has 0 aliphatic rings. The Kier molecular flexibility index (Phi) is 3.49. The second-order valence-electron chi connectivity index (χ2n) is 2.94. The van der Waals surface area contributed by atoms with Crippen molar-refractivity contribution < 1.29 is 9.90 Å². The van der Waals surface area contributed by atoms with E-state index in [4.69, 9.17) is 5.73 Å². The van der Waals surface area contributed by atoms with Gasteiger partial charge in [-0.15, -0.1) is 0 Å². The van der Waals surface area contributed by atoms with E-state index in [2.05, 4.69) is 21.2 Å².